The monoisotopic (exact) mass is 347 g/mol. The zero-order valence-electron chi connectivity index (χ0n) is 13.0. The SMILES string of the molecule is O=C1CCC(NC(=O)CCc2ncc(-c3ccccc3Cl)o2)CN1. The number of hydrogen-bond donors (Lipinski definition) is 2. The van der Waals surface area contributed by atoms with Gasteiger partial charge < -0.3 is 15.1 Å². The first-order valence-electron chi connectivity index (χ1n) is 7.87. The molecule has 0 bridgehead atoms. The highest BCUT2D eigenvalue weighted by atomic mass is 35.5. The molecule has 2 heterocycles. The first-order valence-corrected chi connectivity index (χ1v) is 8.25. The van der Waals surface area contributed by atoms with Crippen molar-refractivity contribution in [3.8, 4) is 11.3 Å². The van der Waals surface area contributed by atoms with Crippen LogP contribution < -0.4 is 10.6 Å². The Morgan fingerprint density at radius 1 is 1.42 bits per heavy atom. The van der Waals surface area contributed by atoms with Gasteiger partial charge in [0.1, 0.15) is 0 Å². The van der Waals surface area contributed by atoms with Gasteiger partial charge in [-0.15, -0.1) is 0 Å². The Balaban J connectivity index is 1.51. The van der Waals surface area contributed by atoms with Crippen LogP contribution in [0.1, 0.15) is 25.2 Å². The molecule has 1 aliphatic heterocycles. The van der Waals surface area contributed by atoms with Crippen molar-refractivity contribution in [2.24, 2.45) is 0 Å². The molecule has 0 aliphatic carbocycles. The van der Waals surface area contributed by atoms with Crippen molar-refractivity contribution in [2.45, 2.75) is 31.7 Å². The number of benzene rings is 1. The van der Waals surface area contributed by atoms with E-state index in [4.69, 9.17) is 16.0 Å². The number of carbonyl (C=O) groups is 2. The van der Waals surface area contributed by atoms with Gasteiger partial charge in [0.15, 0.2) is 11.7 Å². The largest absolute Gasteiger partial charge is 0.441 e. The van der Waals surface area contributed by atoms with Gasteiger partial charge in [-0.3, -0.25) is 9.59 Å². The fourth-order valence-electron chi connectivity index (χ4n) is 2.59. The molecule has 1 aromatic heterocycles. The van der Waals surface area contributed by atoms with Crippen molar-refractivity contribution in [3.05, 3.63) is 41.4 Å². The van der Waals surface area contributed by atoms with Crippen molar-refractivity contribution in [1.82, 2.24) is 15.6 Å². The second-order valence-corrected chi connectivity index (χ2v) is 6.11. The van der Waals surface area contributed by atoms with Crippen LogP contribution in [-0.2, 0) is 16.0 Å². The molecule has 126 valence electrons. The van der Waals surface area contributed by atoms with Crippen LogP contribution in [0.5, 0.6) is 0 Å². The maximum Gasteiger partial charge on any atom is 0.220 e. The van der Waals surface area contributed by atoms with E-state index in [9.17, 15) is 9.59 Å². The topological polar surface area (TPSA) is 84.2 Å². The summed E-state index contributed by atoms with van der Waals surface area (Å²) in [5, 5.41) is 6.25. The Bertz CT molecular complexity index is 734. The number of aryl methyl sites for hydroxylation is 1. The lowest BCUT2D eigenvalue weighted by atomic mass is 10.1. The summed E-state index contributed by atoms with van der Waals surface area (Å²) >= 11 is 6.13. The minimum atomic E-state index is -0.0753. The molecular formula is C17H18ClN3O3. The number of halogens is 1. The number of nitrogens with zero attached hydrogens (tertiary/aromatic N) is 1. The van der Waals surface area contributed by atoms with Crippen molar-refractivity contribution >= 4 is 23.4 Å². The third-order valence-electron chi connectivity index (χ3n) is 3.89. The van der Waals surface area contributed by atoms with Crippen LogP contribution in [0.25, 0.3) is 11.3 Å². The number of piperidine rings is 1. The minimum absolute atomic E-state index is 0.00144. The summed E-state index contributed by atoms with van der Waals surface area (Å²) in [6, 6.07) is 7.37. The maximum atomic E-state index is 12.0. The Hall–Kier alpha value is -2.34. The molecule has 6 nitrogen and oxygen atoms in total. The summed E-state index contributed by atoms with van der Waals surface area (Å²) in [5.74, 6) is 1.05. The minimum Gasteiger partial charge on any atom is -0.441 e. The molecule has 0 spiro atoms. The zero-order chi connectivity index (χ0) is 16.9. The number of carbonyl (C=O) groups excluding carboxylic acids is 2. The molecule has 1 saturated heterocycles. The summed E-state index contributed by atoms with van der Waals surface area (Å²) < 4.78 is 5.67. The van der Waals surface area contributed by atoms with Crippen LogP contribution in [0.3, 0.4) is 0 Å². The number of rotatable bonds is 5. The lowest BCUT2D eigenvalue weighted by Gasteiger charge is -2.23. The molecule has 2 amide bonds. The summed E-state index contributed by atoms with van der Waals surface area (Å²) in [4.78, 5) is 27.3. The maximum absolute atomic E-state index is 12.0. The second-order valence-electron chi connectivity index (χ2n) is 5.71. The van der Waals surface area contributed by atoms with E-state index in [0.29, 0.717) is 42.5 Å². The van der Waals surface area contributed by atoms with Crippen LogP contribution in [0.2, 0.25) is 5.02 Å². The van der Waals surface area contributed by atoms with Gasteiger partial charge in [-0.2, -0.15) is 0 Å². The van der Waals surface area contributed by atoms with E-state index in [1.54, 1.807) is 12.3 Å². The quantitative estimate of drug-likeness (QED) is 0.869. The third-order valence-corrected chi connectivity index (χ3v) is 4.22. The van der Waals surface area contributed by atoms with Gasteiger partial charge in [-0.25, -0.2) is 4.98 Å². The van der Waals surface area contributed by atoms with E-state index in [2.05, 4.69) is 15.6 Å². The van der Waals surface area contributed by atoms with Gasteiger partial charge in [0.25, 0.3) is 0 Å². The van der Waals surface area contributed by atoms with E-state index < -0.39 is 0 Å². The number of amides is 2. The van der Waals surface area contributed by atoms with Crippen molar-refractivity contribution < 1.29 is 14.0 Å². The molecule has 1 fully saturated rings. The van der Waals surface area contributed by atoms with E-state index in [1.165, 1.54) is 0 Å². The number of nitrogens with one attached hydrogen (secondary N) is 2. The van der Waals surface area contributed by atoms with E-state index >= 15 is 0 Å². The van der Waals surface area contributed by atoms with E-state index in [1.807, 2.05) is 18.2 Å². The predicted molar refractivity (Wildman–Crippen MR) is 89.4 cm³/mol. The highest BCUT2D eigenvalue weighted by Gasteiger charge is 2.19. The van der Waals surface area contributed by atoms with E-state index in [-0.39, 0.29) is 24.3 Å². The lowest BCUT2D eigenvalue weighted by molar-refractivity contribution is -0.125. The first kappa shape index (κ1) is 16.5. The second kappa shape index (κ2) is 7.49. The van der Waals surface area contributed by atoms with Crippen LogP contribution in [0.15, 0.2) is 34.9 Å². The smallest absolute Gasteiger partial charge is 0.220 e. The Labute approximate surface area is 144 Å². The average molecular weight is 348 g/mol. The van der Waals surface area contributed by atoms with Gasteiger partial charge in [0.2, 0.25) is 11.8 Å². The lowest BCUT2D eigenvalue weighted by Crippen LogP contribution is -2.47. The molecule has 0 saturated carbocycles. The van der Waals surface area contributed by atoms with Gasteiger partial charge in [-0.05, 0) is 18.6 Å². The Kier molecular flexibility index (Phi) is 5.15. The molecule has 1 unspecified atom stereocenters. The molecule has 1 aliphatic rings. The zero-order valence-corrected chi connectivity index (χ0v) is 13.8. The highest BCUT2D eigenvalue weighted by Crippen LogP contribution is 2.28. The summed E-state index contributed by atoms with van der Waals surface area (Å²) in [7, 11) is 0. The third kappa shape index (κ3) is 4.14. The standard InChI is InChI=1S/C17H18ClN3O3/c18-13-4-2-1-3-12(13)14-10-20-17(24-14)8-7-16(23)21-11-5-6-15(22)19-9-11/h1-4,10-11H,5-9H2,(H,19,22)(H,21,23). The van der Waals surface area contributed by atoms with Gasteiger partial charge in [0, 0.05) is 37.4 Å². The van der Waals surface area contributed by atoms with Gasteiger partial charge in [-0.1, -0.05) is 23.7 Å². The first-order chi connectivity index (χ1) is 11.6. The Morgan fingerprint density at radius 2 is 2.25 bits per heavy atom. The molecule has 3 rings (SSSR count). The average Bonchev–Trinajstić information content (AvgIpc) is 3.04. The molecule has 1 atom stereocenters. The van der Waals surface area contributed by atoms with Crippen LogP contribution in [0.4, 0.5) is 0 Å². The summed E-state index contributed by atoms with van der Waals surface area (Å²) in [6.45, 7) is 0.486. The number of oxazole rings is 1. The predicted octanol–water partition coefficient (Wildman–Crippen LogP) is 2.32. The number of aromatic nitrogens is 1. The molecule has 24 heavy (non-hydrogen) atoms. The fraction of sp³-hybridized carbons (Fsp3) is 0.353. The van der Waals surface area contributed by atoms with Crippen molar-refractivity contribution in [2.75, 3.05) is 6.54 Å². The molecule has 7 heteroatoms. The normalized spacial score (nSPS) is 17.4. The highest BCUT2D eigenvalue weighted by molar-refractivity contribution is 6.33. The van der Waals surface area contributed by atoms with Gasteiger partial charge in [0.05, 0.1) is 11.2 Å². The van der Waals surface area contributed by atoms with Crippen LogP contribution in [0, 0.1) is 0 Å². The molecular weight excluding hydrogens is 330 g/mol. The fourth-order valence-corrected chi connectivity index (χ4v) is 2.82. The van der Waals surface area contributed by atoms with Gasteiger partial charge >= 0.3 is 0 Å². The van der Waals surface area contributed by atoms with Crippen LogP contribution >= 0.6 is 11.6 Å². The molecule has 0 radical (unpaired) electrons. The Morgan fingerprint density at radius 3 is 3.00 bits per heavy atom. The van der Waals surface area contributed by atoms with Crippen molar-refractivity contribution in [3.63, 3.8) is 0 Å². The van der Waals surface area contributed by atoms with E-state index in [0.717, 1.165) is 5.56 Å². The van der Waals surface area contributed by atoms with Crippen LogP contribution in [-0.4, -0.2) is 29.4 Å². The summed E-state index contributed by atoms with van der Waals surface area (Å²) in [5.41, 5.74) is 0.778. The number of hydrogen-bond acceptors (Lipinski definition) is 4. The molecule has 2 N–H and O–H groups in total. The van der Waals surface area contributed by atoms with Crippen molar-refractivity contribution in [1.29, 1.82) is 0 Å². The molecule has 1 aromatic carbocycles. The molecule has 2 aromatic rings. The summed E-state index contributed by atoms with van der Waals surface area (Å²) in [6.07, 6.45) is 3.44.